The molecule has 0 amide bonds. The molecule has 1 aliphatic heterocycles. The highest BCUT2D eigenvalue weighted by molar-refractivity contribution is 7.86. The molecule has 132 valence electrons. The van der Waals surface area contributed by atoms with Crippen LogP contribution in [0.25, 0.3) is 0 Å². The van der Waals surface area contributed by atoms with Crippen LogP contribution in [-0.4, -0.2) is 79.3 Å². The van der Waals surface area contributed by atoms with Crippen molar-refractivity contribution in [3.05, 3.63) is 0 Å². The number of ether oxygens (including phenoxy) is 1. The first-order valence-electron chi connectivity index (χ1n) is 7.39. The van der Waals surface area contributed by atoms with Gasteiger partial charge in [0, 0.05) is 6.16 Å². The number of hydrogen-bond donors (Lipinski definition) is 2. The van der Waals surface area contributed by atoms with E-state index in [-0.39, 0.29) is 11.8 Å². The molecule has 3 unspecified atom stereocenters. The summed E-state index contributed by atoms with van der Waals surface area (Å²) in [7, 11) is -7.81. The zero-order chi connectivity index (χ0) is 17.3. The molecule has 1 fully saturated rings. The fourth-order valence-electron chi connectivity index (χ4n) is 3.04. The van der Waals surface area contributed by atoms with Gasteiger partial charge in [-0.25, -0.2) is 0 Å². The summed E-state index contributed by atoms with van der Waals surface area (Å²) in [4.78, 5) is 0. The fourth-order valence-corrected chi connectivity index (χ4v) is 16.4. The van der Waals surface area contributed by atoms with Crippen LogP contribution in [0.4, 0.5) is 0 Å². The van der Waals surface area contributed by atoms with Crippen LogP contribution < -0.4 is 0 Å². The molecule has 1 heterocycles. The average molecular weight is 374 g/mol. The summed E-state index contributed by atoms with van der Waals surface area (Å²) in [5.74, 6) is 0.225. The van der Waals surface area contributed by atoms with E-state index in [9.17, 15) is 23.9 Å². The molecule has 2 N–H and O–H groups in total. The van der Waals surface area contributed by atoms with Crippen LogP contribution in [0, 0.1) is 0 Å². The third-order valence-corrected chi connectivity index (χ3v) is 14.8. The molecule has 1 saturated heterocycles. The number of aliphatic hydroxyl groups excluding tert-OH is 2. The molecular formula is C13H29O6P3. The van der Waals surface area contributed by atoms with Crippen molar-refractivity contribution >= 4 is 21.4 Å². The number of aliphatic hydroxyl groups is 2. The first-order chi connectivity index (χ1) is 9.72. The van der Waals surface area contributed by atoms with Crippen LogP contribution in [0.1, 0.15) is 13.3 Å². The highest BCUT2D eigenvalue weighted by atomic mass is 31.2. The van der Waals surface area contributed by atoms with Gasteiger partial charge in [-0.3, -0.25) is 0 Å². The maximum atomic E-state index is 12.7. The van der Waals surface area contributed by atoms with Crippen molar-refractivity contribution < 1.29 is 28.6 Å². The molecule has 1 rings (SSSR count). The van der Waals surface area contributed by atoms with Crippen molar-refractivity contribution in [3.8, 4) is 0 Å². The minimum absolute atomic E-state index is 0.0899. The monoisotopic (exact) mass is 374 g/mol. The highest BCUT2D eigenvalue weighted by Crippen LogP contribution is 2.63. The zero-order valence-electron chi connectivity index (χ0n) is 14.0. The summed E-state index contributed by atoms with van der Waals surface area (Å²) >= 11 is 0. The molecular weight excluding hydrogens is 345 g/mol. The van der Waals surface area contributed by atoms with Gasteiger partial charge in [-0.2, -0.15) is 0 Å². The van der Waals surface area contributed by atoms with Crippen LogP contribution in [0.5, 0.6) is 0 Å². The Balaban J connectivity index is 2.60. The molecule has 0 aliphatic carbocycles. The smallest absolute Gasteiger partial charge is 0.109 e. The van der Waals surface area contributed by atoms with Crippen LogP contribution in [0.15, 0.2) is 0 Å². The van der Waals surface area contributed by atoms with E-state index in [4.69, 9.17) is 4.74 Å². The van der Waals surface area contributed by atoms with Gasteiger partial charge in [0.25, 0.3) is 0 Å². The molecule has 0 bridgehead atoms. The van der Waals surface area contributed by atoms with Crippen molar-refractivity contribution in [2.24, 2.45) is 0 Å². The van der Waals surface area contributed by atoms with Crippen molar-refractivity contribution in [1.82, 2.24) is 0 Å². The Labute approximate surface area is 133 Å². The summed E-state index contributed by atoms with van der Waals surface area (Å²) in [5, 5.41) is 19.5. The molecule has 0 saturated carbocycles. The molecule has 0 aromatic carbocycles. The molecule has 0 aromatic rings. The van der Waals surface area contributed by atoms with E-state index in [2.05, 4.69) is 0 Å². The standard InChI is InChI=1S/C13H29O6P3/c1-10-12(14)13(15)11(19-10)6-7-21(4,17)9-22(5,18)8-20(2,3)16/h10-15H,6-9H2,1-5H3/t10-,11+,12?,13-,21?,22?/m0/s1. The van der Waals surface area contributed by atoms with Crippen LogP contribution >= 0.6 is 21.4 Å². The summed E-state index contributed by atoms with van der Waals surface area (Å²) in [6.45, 7) is 8.03. The second-order valence-electron chi connectivity index (χ2n) is 7.32. The van der Waals surface area contributed by atoms with Crippen LogP contribution in [0.3, 0.4) is 0 Å². The Hall–Kier alpha value is 0.570. The summed E-state index contributed by atoms with van der Waals surface area (Å²) in [5.41, 5.74) is 0. The molecule has 0 radical (unpaired) electrons. The lowest BCUT2D eigenvalue weighted by molar-refractivity contribution is 0.0149. The van der Waals surface area contributed by atoms with E-state index in [1.165, 1.54) is 0 Å². The minimum Gasteiger partial charge on any atom is -0.388 e. The molecule has 0 aromatic heterocycles. The van der Waals surface area contributed by atoms with Gasteiger partial charge in [-0.15, -0.1) is 0 Å². The second kappa shape index (κ2) is 7.21. The third-order valence-electron chi connectivity index (χ3n) is 3.73. The maximum Gasteiger partial charge on any atom is 0.109 e. The first kappa shape index (κ1) is 20.6. The molecule has 22 heavy (non-hydrogen) atoms. The van der Waals surface area contributed by atoms with Gasteiger partial charge in [0.1, 0.15) is 12.2 Å². The predicted octanol–water partition coefficient (Wildman–Crippen LogP) is 2.41. The lowest BCUT2D eigenvalue weighted by Crippen LogP contribution is -2.31. The van der Waals surface area contributed by atoms with E-state index in [0.717, 1.165) is 0 Å². The topological polar surface area (TPSA) is 101 Å². The summed E-state index contributed by atoms with van der Waals surface area (Å²) < 4.78 is 42.5. The van der Waals surface area contributed by atoms with E-state index in [1.54, 1.807) is 33.6 Å². The van der Waals surface area contributed by atoms with Crippen LogP contribution in [-0.2, 0) is 18.4 Å². The van der Waals surface area contributed by atoms with Gasteiger partial charge in [-0.05, 0) is 40.0 Å². The van der Waals surface area contributed by atoms with Crippen LogP contribution in [0.2, 0.25) is 0 Å². The maximum absolute atomic E-state index is 12.7. The predicted molar refractivity (Wildman–Crippen MR) is 92.1 cm³/mol. The van der Waals surface area contributed by atoms with E-state index >= 15 is 0 Å². The highest BCUT2D eigenvalue weighted by Gasteiger charge is 2.41. The Kier molecular flexibility index (Phi) is 6.76. The van der Waals surface area contributed by atoms with E-state index in [0.29, 0.717) is 12.6 Å². The lowest BCUT2D eigenvalue weighted by Gasteiger charge is -2.22. The van der Waals surface area contributed by atoms with Crippen molar-refractivity contribution in [2.75, 3.05) is 44.6 Å². The fraction of sp³-hybridized carbons (Fsp3) is 1.00. The molecule has 0 spiro atoms. The zero-order valence-corrected chi connectivity index (χ0v) is 16.7. The van der Waals surface area contributed by atoms with Gasteiger partial charge in [0.05, 0.1) is 45.4 Å². The van der Waals surface area contributed by atoms with Gasteiger partial charge in [-0.1, -0.05) is 0 Å². The van der Waals surface area contributed by atoms with Gasteiger partial charge in [0.2, 0.25) is 0 Å². The molecule has 1 aliphatic rings. The summed E-state index contributed by atoms with van der Waals surface area (Å²) in [6.07, 6.45) is -2.24. The van der Waals surface area contributed by atoms with E-state index in [1.807, 2.05) is 0 Å². The Bertz CT molecular complexity index is 528. The van der Waals surface area contributed by atoms with Gasteiger partial charge >= 0.3 is 0 Å². The molecule has 9 heteroatoms. The van der Waals surface area contributed by atoms with Crippen molar-refractivity contribution in [3.63, 3.8) is 0 Å². The van der Waals surface area contributed by atoms with Gasteiger partial charge in [0.15, 0.2) is 0 Å². The number of hydrogen-bond acceptors (Lipinski definition) is 6. The average Bonchev–Trinajstić information content (AvgIpc) is 2.49. The van der Waals surface area contributed by atoms with Crippen molar-refractivity contribution in [2.45, 2.75) is 37.8 Å². The Morgan fingerprint density at radius 1 is 0.909 bits per heavy atom. The molecule has 6 nitrogen and oxygen atoms in total. The Morgan fingerprint density at radius 2 is 1.45 bits per heavy atom. The minimum atomic E-state index is -2.72. The summed E-state index contributed by atoms with van der Waals surface area (Å²) in [6, 6.07) is 0. The third kappa shape index (κ3) is 6.59. The Morgan fingerprint density at radius 3 is 1.86 bits per heavy atom. The lowest BCUT2D eigenvalue weighted by atomic mass is 10.1. The van der Waals surface area contributed by atoms with Crippen molar-refractivity contribution in [1.29, 1.82) is 0 Å². The SMILES string of the molecule is C[C@@H]1O[C@H](CCP(C)(=O)CP(C)(=O)CP(C)(C)=O)[C@H](O)C1O. The van der Waals surface area contributed by atoms with Gasteiger partial charge < -0.3 is 28.6 Å². The largest absolute Gasteiger partial charge is 0.388 e. The number of rotatable bonds is 7. The molecule has 6 atom stereocenters. The first-order valence-corrected chi connectivity index (χ1v) is 15.2. The van der Waals surface area contributed by atoms with E-state index < -0.39 is 45.8 Å². The second-order valence-corrected chi connectivity index (χ2v) is 18.4. The quantitative estimate of drug-likeness (QED) is 0.664. The normalized spacial score (nSPS) is 35.0.